The Morgan fingerprint density at radius 2 is 1.95 bits per heavy atom. The second kappa shape index (κ2) is 5.95. The molecule has 2 heterocycles. The number of hydrogen-bond donors (Lipinski definition) is 1. The molecule has 0 aliphatic carbocycles. The molecular formula is C12H9Cl2N3O2S. The first-order valence-corrected chi connectivity index (χ1v) is 7.04. The van der Waals surface area contributed by atoms with Gasteiger partial charge in [-0.25, -0.2) is 9.78 Å². The summed E-state index contributed by atoms with van der Waals surface area (Å²) in [5, 5.41) is 17.3. The molecule has 0 aliphatic rings. The Balaban J connectivity index is 2.53. The van der Waals surface area contributed by atoms with Crippen molar-refractivity contribution in [1.29, 1.82) is 0 Å². The van der Waals surface area contributed by atoms with Gasteiger partial charge in [-0.15, -0.1) is 10.2 Å². The molecule has 0 saturated carbocycles. The van der Waals surface area contributed by atoms with Gasteiger partial charge in [0.05, 0.1) is 10.5 Å². The van der Waals surface area contributed by atoms with E-state index in [2.05, 4.69) is 15.2 Å². The Morgan fingerprint density at radius 1 is 1.25 bits per heavy atom. The highest BCUT2D eigenvalue weighted by Crippen LogP contribution is 2.35. The number of halogens is 2. The first-order chi connectivity index (χ1) is 9.38. The summed E-state index contributed by atoms with van der Waals surface area (Å²) < 4.78 is 0. The van der Waals surface area contributed by atoms with E-state index in [-0.39, 0.29) is 15.9 Å². The molecule has 0 atom stereocenters. The number of hydrogen-bond acceptors (Lipinski definition) is 5. The molecule has 0 unspecified atom stereocenters. The predicted octanol–water partition coefficient (Wildman–Crippen LogP) is 3.64. The third-order valence-corrected chi connectivity index (χ3v) is 4.01. The van der Waals surface area contributed by atoms with E-state index < -0.39 is 5.97 Å². The Hall–Kier alpha value is -1.37. The van der Waals surface area contributed by atoms with Crippen molar-refractivity contribution >= 4 is 40.9 Å². The van der Waals surface area contributed by atoms with Gasteiger partial charge in [0, 0.05) is 5.69 Å². The lowest BCUT2D eigenvalue weighted by molar-refractivity contribution is 0.0691. The number of aromatic nitrogens is 3. The van der Waals surface area contributed by atoms with Crippen LogP contribution in [0.1, 0.15) is 21.6 Å². The van der Waals surface area contributed by atoms with Crippen LogP contribution < -0.4 is 0 Å². The zero-order chi connectivity index (χ0) is 14.9. The topological polar surface area (TPSA) is 76.0 Å². The fraction of sp³-hybridized carbons (Fsp3) is 0.167. The standard InChI is InChI=1S/C12H9Cl2N3O2S/c1-5-3-6(2)15-11(9(5)12(18)19)20-7-4-8(13)16-17-10(7)14/h3-4H,1-2H3,(H,18,19). The fourth-order valence-corrected chi connectivity index (χ4v) is 3.11. The molecule has 0 spiro atoms. The van der Waals surface area contributed by atoms with E-state index in [4.69, 9.17) is 23.2 Å². The van der Waals surface area contributed by atoms with Crippen molar-refractivity contribution in [2.75, 3.05) is 0 Å². The van der Waals surface area contributed by atoms with Gasteiger partial charge in [-0.2, -0.15) is 0 Å². The lowest BCUT2D eigenvalue weighted by Gasteiger charge is -2.09. The second-order valence-corrected chi connectivity index (χ2v) is 5.77. The maximum Gasteiger partial charge on any atom is 0.338 e. The van der Waals surface area contributed by atoms with Crippen molar-refractivity contribution in [3.8, 4) is 0 Å². The lowest BCUT2D eigenvalue weighted by Crippen LogP contribution is -2.05. The van der Waals surface area contributed by atoms with Gasteiger partial charge in [0.15, 0.2) is 10.3 Å². The normalized spacial score (nSPS) is 10.6. The maximum atomic E-state index is 11.4. The van der Waals surface area contributed by atoms with Gasteiger partial charge in [0.2, 0.25) is 0 Å². The van der Waals surface area contributed by atoms with E-state index in [9.17, 15) is 9.90 Å². The number of aromatic carboxylic acids is 1. The van der Waals surface area contributed by atoms with Crippen LogP contribution in [0.3, 0.4) is 0 Å². The van der Waals surface area contributed by atoms with Gasteiger partial charge in [-0.1, -0.05) is 35.0 Å². The van der Waals surface area contributed by atoms with E-state index in [1.165, 1.54) is 6.07 Å². The van der Waals surface area contributed by atoms with Gasteiger partial charge in [0.25, 0.3) is 0 Å². The van der Waals surface area contributed by atoms with Crippen molar-refractivity contribution in [3.05, 3.63) is 39.3 Å². The van der Waals surface area contributed by atoms with Crippen LogP contribution in [0.15, 0.2) is 22.1 Å². The number of carboxylic acid groups (broad SMARTS) is 1. The molecule has 1 N–H and O–H groups in total. The number of aryl methyl sites for hydroxylation is 2. The monoisotopic (exact) mass is 329 g/mol. The van der Waals surface area contributed by atoms with Crippen molar-refractivity contribution in [2.45, 2.75) is 23.8 Å². The molecule has 8 heteroatoms. The summed E-state index contributed by atoms with van der Waals surface area (Å²) in [6, 6.07) is 3.24. The first kappa shape index (κ1) is 15.0. The van der Waals surface area contributed by atoms with E-state index >= 15 is 0 Å². The molecule has 5 nitrogen and oxygen atoms in total. The summed E-state index contributed by atoms with van der Waals surface area (Å²) in [6.45, 7) is 3.52. The Bertz CT molecular complexity index is 695. The largest absolute Gasteiger partial charge is 0.478 e. The van der Waals surface area contributed by atoms with Crippen LogP contribution in [0, 0.1) is 13.8 Å². The fourth-order valence-electron chi connectivity index (χ4n) is 1.65. The Labute approximate surface area is 129 Å². The summed E-state index contributed by atoms with van der Waals surface area (Å²) in [5.74, 6) is -1.04. The van der Waals surface area contributed by atoms with Gasteiger partial charge < -0.3 is 5.11 Å². The molecule has 0 aromatic carbocycles. The van der Waals surface area contributed by atoms with Crippen molar-refractivity contribution in [2.24, 2.45) is 0 Å². The molecule has 0 amide bonds. The minimum Gasteiger partial charge on any atom is -0.478 e. The summed E-state index contributed by atoms with van der Waals surface area (Å²) in [5.41, 5.74) is 1.50. The minimum atomic E-state index is -1.04. The summed E-state index contributed by atoms with van der Waals surface area (Å²) in [7, 11) is 0. The average molecular weight is 330 g/mol. The van der Waals surface area contributed by atoms with Crippen LogP contribution in [-0.4, -0.2) is 26.3 Å². The van der Waals surface area contributed by atoms with E-state index in [1.54, 1.807) is 19.9 Å². The Morgan fingerprint density at radius 3 is 2.60 bits per heavy atom. The van der Waals surface area contributed by atoms with Crippen LogP contribution in [-0.2, 0) is 0 Å². The highest BCUT2D eigenvalue weighted by molar-refractivity contribution is 7.99. The van der Waals surface area contributed by atoms with Gasteiger partial charge in [-0.3, -0.25) is 0 Å². The molecule has 104 valence electrons. The van der Waals surface area contributed by atoms with Gasteiger partial charge >= 0.3 is 5.97 Å². The molecular weight excluding hydrogens is 321 g/mol. The third-order valence-electron chi connectivity index (χ3n) is 2.42. The molecule has 2 rings (SSSR count). The SMILES string of the molecule is Cc1cc(C)c(C(=O)O)c(Sc2cc(Cl)nnc2Cl)n1. The highest BCUT2D eigenvalue weighted by Gasteiger charge is 2.18. The number of carboxylic acids is 1. The molecule has 20 heavy (non-hydrogen) atoms. The maximum absolute atomic E-state index is 11.4. The molecule has 2 aromatic heterocycles. The zero-order valence-corrected chi connectivity index (χ0v) is 12.8. The number of pyridine rings is 1. The van der Waals surface area contributed by atoms with Crippen LogP contribution in [0.2, 0.25) is 10.3 Å². The van der Waals surface area contributed by atoms with Crippen molar-refractivity contribution < 1.29 is 9.90 Å². The molecule has 0 radical (unpaired) electrons. The second-order valence-electron chi connectivity index (χ2n) is 3.99. The summed E-state index contributed by atoms with van der Waals surface area (Å²) in [4.78, 5) is 16.1. The average Bonchev–Trinajstić information content (AvgIpc) is 2.32. The first-order valence-electron chi connectivity index (χ1n) is 5.46. The highest BCUT2D eigenvalue weighted by atomic mass is 35.5. The minimum absolute atomic E-state index is 0.143. The predicted molar refractivity (Wildman–Crippen MR) is 76.8 cm³/mol. The third kappa shape index (κ3) is 3.20. The molecule has 2 aromatic rings. The van der Waals surface area contributed by atoms with Crippen LogP contribution in [0.4, 0.5) is 0 Å². The van der Waals surface area contributed by atoms with Crippen LogP contribution in [0.25, 0.3) is 0 Å². The van der Waals surface area contributed by atoms with Gasteiger partial charge in [-0.05, 0) is 31.5 Å². The lowest BCUT2D eigenvalue weighted by atomic mass is 10.1. The Kier molecular flexibility index (Phi) is 4.47. The molecule has 0 aliphatic heterocycles. The van der Waals surface area contributed by atoms with Gasteiger partial charge in [0.1, 0.15) is 5.03 Å². The number of nitrogens with zero attached hydrogens (tertiary/aromatic N) is 3. The number of rotatable bonds is 3. The van der Waals surface area contributed by atoms with Crippen molar-refractivity contribution in [1.82, 2.24) is 15.2 Å². The number of carbonyl (C=O) groups is 1. The molecule has 0 bridgehead atoms. The van der Waals surface area contributed by atoms with Crippen LogP contribution >= 0.6 is 35.0 Å². The molecule has 0 fully saturated rings. The summed E-state index contributed by atoms with van der Waals surface area (Å²) >= 11 is 12.8. The van der Waals surface area contributed by atoms with E-state index in [0.29, 0.717) is 15.5 Å². The molecule has 0 saturated heterocycles. The zero-order valence-electron chi connectivity index (χ0n) is 10.5. The quantitative estimate of drug-likeness (QED) is 0.926. The smallest absolute Gasteiger partial charge is 0.338 e. The summed E-state index contributed by atoms with van der Waals surface area (Å²) in [6.07, 6.45) is 0. The van der Waals surface area contributed by atoms with Crippen LogP contribution in [0.5, 0.6) is 0 Å². The van der Waals surface area contributed by atoms with Crippen molar-refractivity contribution in [3.63, 3.8) is 0 Å². The van der Waals surface area contributed by atoms with E-state index in [1.807, 2.05) is 0 Å². The van der Waals surface area contributed by atoms with E-state index in [0.717, 1.165) is 17.5 Å².